The maximum Gasteiger partial charge on any atom is 0.326 e. The van der Waals surface area contributed by atoms with Gasteiger partial charge in [-0.1, -0.05) is 43.4 Å². The highest BCUT2D eigenvalue weighted by Crippen LogP contribution is 2.37. The van der Waals surface area contributed by atoms with E-state index in [0.717, 1.165) is 22.2 Å². The number of aryl methyl sites for hydroxylation is 1. The minimum atomic E-state index is -1.11. The van der Waals surface area contributed by atoms with Crippen LogP contribution < -0.4 is 0 Å². The molecule has 2 heterocycles. The molecule has 1 aliphatic heterocycles. The van der Waals surface area contributed by atoms with E-state index in [1.807, 2.05) is 6.92 Å². The number of rotatable bonds is 7. The molecule has 1 amide bonds. The van der Waals surface area contributed by atoms with E-state index < -0.39 is 22.8 Å². The molecular formula is C20H18N2O6S2. The fraction of sp³-hybridized carbons (Fsp3) is 0.250. The van der Waals surface area contributed by atoms with Crippen LogP contribution in [-0.2, 0) is 9.59 Å². The molecule has 0 saturated carbocycles. The van der Waals surface area contributed by atoms with Crippen molar-refractivity contribution < 1.29 is 24.0 Å². The number of carboxylic acids is 1. The summed E-state index contributed by atoms with van der Waals surface area (Å²) in [5.41, 5.74) is 0.999. The Morgan fingerprint density at radius 3 is 2.77 bits per heavy atom. The molecule has 0 radical (unpaired) electrons. The van der Waals surface area contributed by atoms with Gasteiger partial charge in [-0.15, -0.1) is 0 Å². The fourth-order valence-electron chi connectivity index (χ4n) is 3.09. The van der Waals surface area contributed by atoms with Crippen molar-refractivity contribution in [3.05, 3.63) is 56.7 Å². The molecule has 30 heavy (non-hydrogen) atoms. The van der Waals surface area contributed by atoms with Crippen molar-refractivity contribution in [1.29, 1.82) is 0 Å². The number of carboxylic acid groups (broad SMARTS) is 1. The first-order valence-electron chi connectivity index (χ1n) is 9.08. The van der Waals surface area contributed by atoms with Crippen LogP contribution in [0.2, 0.25) is 0 Å². The molecule has 1 unspecified atom stereocenters. The average Bonchev–Trinajstić information content (AvgIpc) is 3.25. The van der Waals surface area contributed by atoms with Crippen molar-refractivity contribution in [2.45, 2.75) is 32.7 Å². The van der Waals surface area contributed by atoms with Gasteiger partial charge in [0.15, 0.2) is 0 Å². The molecular weight excluding hydrogens is 428 g/mol. The number of thioether (sulfide) groups is 1. The maximum atomic E-state index is 12.8. The first-order chi connectivity index (χ1) is 14.2. The fourth-order valence-corrected chi connectivity index (χ4v) is 4.43. The highest BCUT2D eigenvalue weighted by molar-refractivity contribution is 8.26. The topological polar surface area (TPSA) is 114 Å². The lowest BCUT2D eigenvalue weighted by atomic mass is 10.1. The molecule has 10 heteroatoms. The number of carbonyl (C=O) groups is 2. The third kappa shape index (κ3) is 4.29. The molecule has 1 fully saturated rings. The molecule has 156 valence electrons. The summed E-state index contributed by atoms with van der Waals surface area (Å²) in [6.07, 6.45) is 2.34. The number of nitro benzene ring substituents is 1. The number of amides is 1. The van der Waals surface area contributed by atoms with E-state index in [0.29, 0.717) is 17.7 Å². The average molecular weight is 447 g/mol. The van der Waals surface area contributed by atoms with Gasteiger partial charge in [0.25, 0.3) is 11.6 Å². The summed E-state index contributed by atoms with van der Waals surface area (Å²) in [5.74, 6) is -1.01. The minimum Gasteiger partial charge on any atom is -0.480 e. The van der Waals surface area contributed by atoms with Crippen LogP contribution in [0.3, 0.4) is 0 Å². The van der Waals surface area contributed by atoms with Crippen LogP contribution in [0, 0.1) is 17.0 Å². The number of nitro groups is 1. The number of hydrogen-bond donors (Lipinski definition) is 1. The summed E-state index contributed by atoms with van der Waals surface area (Å²) in [6, 6.07) is 6.97. The predicted octanol–water partition coefficient (Wildman–Crippen LogP) is 4.62. The Hall–Kier alpha value is -2.98. The zero-order chi connectivity index (χ0) is 22.0. The molecule has 1 saturated heterocycles. The molecule has 1 aromatic heterocycles. The number of carbonyl (C=O) groups excluding carboxylic acids is 1. The van der Waals surface area contributed by atoms with Gasteiger partial charge >= 0.3 is 5.97 Å². The van der Waals surface area contributed by atoms with Gasteiger partial charge in [-0.2, -0.15) is 0 Å². The second-order valence-electron chi connectivity index (χ2n) is 6.67. The molecule has 3 rings (SSSR count). The molecule has 0 spiro atoms. The molecule has 1 aromatic carbocycles. The lowest BCUT2D eigenvalue weighted by Gasteiger charge is -2.22. The van der Waals surface area contributed by atoms with E-state index in [2.05, 4.69) is 0 Å². The number of thiocarbonyl (C=S) groups is 1. The molecule has 1 aliphatic rings. The van der Waals surface area contributed by atoms with Crippen LogP contribution in [0.5, 0.6) is 0 Å². The summed E-state index contributed by atoms with van der Waals surface area (Å²) in [4.78, 5) is 36.5. The van der Waals surface area contributed by atoms with Crippen LogP contribution in [0.4, 0.5) is 5.69 Å². The van der Waals surface area contributed by atoms with E-state index in [1.54, 1.807) is 31.2 Å². The van der Waals surface area contributed by atoms with Crippen molar-refractivity contribution in [3.8, 4) is 11.3 Å². The zero-order valence-electron chi connectivity index (χ0n) is 16.2. The Morgan fingerprint density at radius 2 is 2.13 bits per heavy atom. The molecule has 1 N–H and O–H groups in total. The normalized spacial score (nSPS) is 16.3. The van der Waals surface area contributed by atoms with Crippen LogP contribution in [0.15, 0.2) is 39.7 Å². The van der Waals surface area contributed by atoms with E-state index in [4.69, 9.17) is 16.6 Å². The Kier molecular flexibility index (Phi) is 6.37. The summed E-state index contributed by atoms with van der Waals surface area (Å²) in [7, 11) is 0. The third-order valence-corrected chi connectivity index (χ3v) is 5.83. The van der Waals surface area contributed by atoms with Crippen LogP contribution in [-0.4, -0.2) is 37.2 Å². The van der Waals surface area contributed by atoms with Gasteiger partial charge in [-0.05, 0) is 37.1 Å². The Morgan fingerprint density at radius 1 is 1.40 bits per heavy atom. The summed E-state index contributed by atoms with van der Waals surface area (Å²) >= 11 is 6.22. The van der Waals surface area contributed by atoms with E-state index in [9.17, 15) is 24.8 Å². The van der Waals surface area contributed by atoms with Gasteiger partial charge < -0.3 is 9.52 Å². The van der Waals surface area contributed by atoms with Crippen LogP contribution >= 0.6 is 24.0 Å². The van der Waals surface area contributed by atoms with Crippen molar-refractivity contribution >= 4 is 51.9 Å². The van der Waals surface area contributed by atoms with E-state index >= 15 is 0 Å². The van der Waals surface area contributed by atoms with Gasteiger partial charge in [-0.25, -0.2) is 4.79 Å². The molecule has 8 nitrogen and oxygen atoms in total. The zero-order valence-corrected chi connectivity index (χ0v) is 17.8. The van der Waals surface area contributed by atoms with Gasteiger partial charge in [0, 0.05) is 12.1 Å². The maximum absolute atomic E-state index is 12.8. The van der Waals surface area contributed by atoms with Gasteiger partial charge in [-0.3, -0.25) is 19.8 Å². The third-order valence-electron chi connectivity index (χ3n) is 4.50. The smallest absolute Gasteiger partial charge is 0.326 e. The van der Waals surface area contributed by atoms with E-state index in [1.165, 1.54) is 12.1 Å². The number of hydrogen-bond acceptors (Lipinski definition) is 7. The Balaban J connectivity index is 1.91. The summed E-state index contributed by atoms with van der Waals surface area (Å²) < 4.78 is 5.89. The van der Waals surface area contributed by atoms with E-state index in [-0.39, 0.29) is 27.1 Å². The minimum absolute atomic E-state index is 0.0777. The first kappa shape index (κ1) is 21.7. The first-order valence-corrected chi connectivity index (χ1v) is 10.3. The summed E-state index contributed by atoms with van der Waals surface area (Å²) in [6.45, 7) is 3.59. The Labute approximate surface area is 181 Å². The highest BCUT2D eigenvalue weighted by Gasteiger charge is 2.40. The summed E-state index contributed by atoms with van der Waals surface area (Å²) in [5, 5.41) is 20.8. The number of nitrogens with zero attached hydrogens (tertiary/aromatic N) is 2. The standard InChI is InChI=1S/C20H18N2O6S2/c1-3-4-14(19(24)25)21-18(23)17(30-20(21)29)10-12-6-8-16(28-12)13-7-5-11(2)9-15(13)22(26)27/h5-10,14H,3-4H2,1-2H3,(H,24,25). The number of benzene rings is 1. The van der Waals surface area contributed by atoms with Gasteiger partial charge in [0.2, 0.25) is 0 Å². The van der Waals surface area contributed by atoms with Crippen molar-refractivity contribution in [1.82, 2.24) is 4.90 Å². The number of aliphatic carboxylic acids is 1. The van der Waals surface area contributed by atoms with Crippen molar-refractivity contribution in [2.24, 2.45) is 0 Å². The lowest BCUT2D eigenvalue weighted by molar-refractivity contribution is -0.384. The molecule has 0 bridgehead atoms. The molecule has 1 atom stereocenters. The van der Waals surface area contributed by atoms with Crippen LogP contribution in [0.1, 0.15) is 31.1 Å². The van der Waals surface area contributed by atoms with Gasteiger partial charge in [0.05, 0.1) is 15.4 Å². The molecule has 2 aromatic rings. The second kappa shape index (κ2) is 8.80. The SMILES string of the molecule is CCCC(C(=O)O)N1C(=O)C(=Cc2ccc(-c3ccc(C)cc3[N+](=O)[O-])o2)SC1=S. The number of furan rings is 1. The lowest BCUT2D eigenvalue weighted by Crippen LogP contribution is -2.43. The second-order valence-corrected chi connectivity index (χ2v) is 8.35. The van der Waals surface area contributed by atoms with Crippen LogP contribution in [0.25, 0.3) is 17.4 Å². The van der Waals surface area contributed by atoms with Crippen molar-refractivity contribution in [3.63, 3.8) is 0 Å². The van der Waals surface area contributed by atoms with Crippen molar-refractivity contribution in [2.75, 3.05) is 0 Å². The largest absolute Gasteiger partial charge is 0.480 e. The van der Waals surface area contributed by atoms with Gasteiger partial charge in [0.1, 0.15) is 21.9 Å². The molecule has 0 aliphatic carbocycles. The quantitative estimate of drug-likeness (QED) is 0.284. The Bertz CT molecular complexity index is 1070. The highest BCUT2D eigenvalue weighted by atomic mass is 32.2. The monoisotopic (exact) mass is 446 g/mol. The predicted molar refractivity (Wildman–Crippen MR) is 117 cm³/mol.